The van der Waals surface area contributed by atoms with Crippen LogP contribution in [0.5, 0.6) is 17.2 Å². The standard InChI is InChI=1S/C21H27N2O5S/c1-25-17-9-14(10-18(26-2)20(17)27-3)16-8-15-11-19(24)23(21(15)22-12-16)13-28-6-7-29(4)5/h8-10,12H,6-7,11,13H2,1-5H3/q+1. The zero-order valence-electron chi connectivity index (χ0n) is 17.5. The monoisotopic (exact) mass is 419 g/mol. The van der Waals surface area contributed by atoms with E-state index in [0.717, 1.165) is 22.4 Å². The lowest BCUT2D eigenvalue weighted by molar-refractivity contribution is -0.118. The maximum Gasteiger partial charge on any atom is 0.234 e. The van der Waals surface area contributed by atoms with E-state index in [1.165, 1.54) is 0 Å². The predicted molar refractivity (Wildman–Crippen MR) is 115 cm³/mol. The van der Waals surface area contributed by atoms with E-state index in [1.54, 1.807) is 32.4 Å². The predicted octanol–water partition coefficient (Wildman–Crippen LogP) is 2.52. The van der Waals surface area contributed by atoms with Gasteiger partial charge in [0.25, 0.3) is 0 Å². The van der Waals surface area contributed by atoms with Gasteiger partial charge in [-0.05, 0) is 34.7 Å². The molecule has 1 amide bonds. The first-order valence-electron chi connectivity index (χ1n) is 9.20. The molecule has 0 fully saturated rings. The summed E-state index contributed by atoms with van der Waals surface area (Å²) < 4.78 is 21.9. The van der Waals surface area contributed by atoms with E-state index in [1.807, 2.05) is 18.2 Å². The molecule has 2 heterocycles. The minimum absolute atomic E-state index is 0.00142. The molecule has 29 heavy (non-hydrogen) atoms. The molecule has 0 unspecified atom stereocenters. The first kappa shape index (κ1) is 21.3. The van der Waals surface area contributed by atoms with Gasteiger partial charge in [-0.1, -0.05) is 0 Å². The Kier molecular flexibility index (Phi) is 6.87. The molecule has 0 saturated heterocycles. The van der Waals surface area contributed by atoms with Crippen molar-refractivity contribution in [3.05, 3.63) is 30.0 Å². The molecule has 0 atom stereocenters. The summed E-state index contributed by atoms with van der Waals surface area (Å²) in [7, 11) is 5.06. The Morgan fingerprint density at radius 3 is 2.31 bits per heavy atom. The normalized spacial score (nSPS) is 13.0. The van der Waals surface area contributed by atoms with Crippen LogP contribution in [0.2, 0.25) is 0 Å². The van der Waals surface area contributed by atoms with Crippen LogP contribution in [0.1, 0.15) is 5.56 Å². The summed E-state index contributed by atoms with van der Waals surface area (Å²) in [5, 5.41) is 0. The van der Waals surface area contributed by atoms with Crippen molar-refractivity contribution in [2.75, 3.05) is 57.8 Å². The van der Waals surface area contributed by atoms with E-state index in [2.05, 4.69) is 17.5 Å². The third-order valence-corrected chi connectivity index (χ3v) is 5.68. The summed E-state index contributed by atoms with van der Waals surface area (Å²) in [6.45, 7) is 0.873. The van der Waals surface area contributed by atoms with Crippen molar-refractivity contribution in [1.29, 1.82) is 0 Å². The average molecular weight is 420 g/mol. The number of benzene rings is 1. The Morgan fingerprint density at radius 1 is 1.03 bits per heavy atom. The Hall–Kier alpha value is -2.45. The van der Waals surface area contributed by atoms with Crippen molar-refractivity contribution in [3.63, 3.8) is 0 Å². The van der Waals surface area contributed by atoms with E-state index in [-0.39, 0.29) is 12.6 Å². The molecule has 1 aromatic carbocycles. The van der Waals surface area contributed by atoms with Crippen molar-refractivity contribution >= 4 is 22.6 Å². The van der Waals surface area contributed by atoms with Crippen LogP contribution >= 0.6 is 0 Å². The molecule has 1 aliphatic heterocycles. The van der Waals surface area contributed by atoms with Gasteiger partial charge >= 0.3 is 0 Å². The van der Waals surface area contributed by atoms with Gasteiger partial charge in [-0.15, -0.1) is 0 Å². The molecule has 0 spiro atoms. The molecular weight excluding hydrogens is 392 g/mol. The fourth-order valence-corrected chi connectivity index (χ4v) is 3.62. The third-order valence-electron chi connectivity index (χ3n) is 4.70. The minimum atomic E-state index is 0.00142. The Labute approximate surface area is 174 Å². The van der Waals surface area contributed by atoms with Crippen LogP contribution in [-0.4, -0.2) is 63.8 Å². The molecule has 0 bridgehead atoms. The van der Waals surface area contributed by atoms with E-state index in [9.17, 15) is 4.79 Å². The molecule has 0 N–H and O–H groups in total. The van der Waals surface area contributed by atoms with Gasteiger partial charge in [-0.2, -0.15) is 0 Å². The Balaban J connectivity index is 1.85. The topological polar surface area (TPSA) is 70.1 Å². The summed E-state index contributed by atoms with van der Waals surface area (Å²) in [6, 6.07) is 5.72. The van der Waals surface area contributed by atoms with Crippen LogP contribution < -0.4 is 19.1 Å². The van der Waals surface area contributed by atoms with E-state index in [4.69, 9.17) is 18.9 Å². The molecule has 1 aliphatic rings. The van der Waals surface area contributed by atoms with Crippen molar-refractivity contribution < 1.29 is 23.7 Å². The number of hydrogen-bond acceptors (Lipinski definition) is 6. The molecule has 0 radical (unpaired) electrons. The Morgan fingerprint density at radius 2 is 1.72 bits per heavy atom. The van der Waals surface area contributed by atoms with Crippen molar-refractivity contribution in [2.45, 2.75) is 6.42 Å². The highest BCUT2D eigenvalue weighted by atomic mass is 32.2. The van der Waals surface area contributed by atoms with E-state index >= 15 is 0 Å². The molecule has 156 valence electrons. The van der Waals surface area contributed by atoms with Gasteiger partial charge in [0.1, 0.15) is 18.3 Å². The van der Waals surface area contributed by atoms with Gasteiger partial charge in [0.2, 0.25) is 11.7 Å². The second kappa shape index (κ2) is 9.37. The van der Waals surface area contributed by atoms with Crippen LogP contribution in [0.3, 0.4) is 0 Å². The molecule has 2 aromatic rings. The quantitative estimate of drug-likeness (QED) is 0.460. The summed E-state index contributed by atoms with van der Waals surface area (Å²) in [5.74, 6) is 3.33. The largest absolute Gasteiger partial charge is 0.493 e. The number of hydrogen-bond donors (Lipinski definition) is 0. The van der Waals surface area contributed by atoms with Crippen LogP contribution in [0.25, 0.3) is 11.1 Å². The number of methoxy groups -OCH3 is 3. The number of fused-ring (bicyclic) bond motifs is 1. The number of aromatic nitrogens is 1. The number of nitrogens with zero attached hydrogens (tertiary/aromatic N) is 2. The molecule has 8 heteroatoms. The highest BCUT2D eigenvalue weighted by molar-refractivity contribution is 7.95. The van der Waals surface area contributed by atoms with Gasteiger partial charge in [-0.3, -0.25) is 9.69 Å². The summed E-state index contributed by atoms with van der Waals surface area (Å²) in [4.78, 5) is 18.6. The second-order valence-electron chi connectivity index (χ2n) is 6.85. The zero-order chi connectivity index (χ0) is 21.0. The van der Waals surface area contributed by atoms with Crippen molar-refractivity contribution in [2.24, 2.45) is 0 Å². The zero-order valence-corrected chi connectivity index (χ0v) is 18.3. The number of carbonyl (C=O) groups is 1. The summed E-state index contributed by atoms with van der Waals surface area (Å²) in [6.07, 6.45) is 6.41. The minimum Gasteiger partial charge on any atom is -0.493 e. The lowest BCUT2D eigenvalue weighted by atomic mass is 10.0. The SMILES string of the molecule is COc1cc(-c2cnc3c(c2)CC(=O)N3COCC[S+](C)C)cc(OC)c1OC. The van der Waals surface area contributed by atoms with Crippen LogP contribution in [0.4, 0.5) is 5.82 Å². The maximum atomic E-state index is 12.4. The lowest BCUT2D eigenvalue weighted by Crippen LogP contribution is -2.30. The van der Waals surface area contributed by atoms with Crippen LogP contribution in [-0.2, 0) is 26.8 Å². The summed E-state index contributed by atoms with van der Waals surface area (Å²) in [5.41, 5.74) is 2.63. The fraction of sp³-hybridized carbons (Fsp3) is 0.429. The molecule has 7 nitrogen and oxygen atoms in total. The number of rotatable bonds is 9. The van der Waals surface area contributed by atoms with Crippen LogP contribution in [0, 0.1) is 0 Å². The van der Waals surface area contributed by atoms with Crippen LogP contribution in [0.15, 0.2) is 24.4 Å². The number of carbonyl (C=O) groups excluding carboxylic acids is 1. The Bertz CT molecular complexity index is 862. The average Bonchev–Trinajstić information content (AvgIpc) is 3.03. The highest BCUT2D eigenvalue weighted by Gasteiger charge is 2.29. The van der Waals surface area contributed by atoms with E-state index < -0.39 is 0 Å². The van der Waals surface area contributed by atoms with Crippen molar-refractivity contribution in [1.82, 2.24) is 4.98 Å². The molecular formula is C21H27N2O5S+. The number of ether oxygens (including phenoxy) is 4. The van der Waals surface area contributed by atoms with Gasteiger partial charge in [0.15, 0.2) is 11.5 Å². The van der Waals surface area contributed by atoms with Gasteiger partial charge < -0.3 is 18.9 Å². The second-order valence-corrected chi connectivity index (χ2v) is 9.23. The van der Waals surface area contributed by atoms with Gasteiger partial charge in [-0.25, -0.2) is 4.98 Å². The third kappa shape index (κ3) is 4.59. The number of amides is 1. The molecule has 0 aliphatic carbocycles. The maximum absolute atomic E-state index is 12.4. The first-order chi connectivity index (χ1) is 14.0. The molecule has 3 rings (SSSR count). The molecule has 1 aromatic heterocycles. The van der Waals surface area contributed by atoms with E-state index in [0.29, 0.717) is 47.0 Å². The van der Waals surface area contributed by atoms with Crippen molar-refractivity contribution in [3.8, 4) is 28.4 Å². The highest BCUT2D eigenvalue weighted by Crippen LogP contribution is 2.41. The fourth-order valence-electron chi connectivity index (χ4n) is 3.17. The lowest BCUT2D eigenvalue weighted by Gasteiger charge is -2.17. The van der Waals surface area contributed by atoms with Gasteiger partial charge in [0, 0.05) is 17.3 Å². The number of anilines is 1. The molecule has 0 saturated carbocycles. The first-order valence-corrected chi connectivity index (χ1v) is 11.4. The number of pyridine rings is 1. The smallest absolute Gasteiger partial charge is 0.234 e. The summed E-state index contributed by atoms with van der Waals surface area (Å²) >= 11 is 0. The van der Waals surface area contributed by atoms with Gasteiger partial charge in [0.05, 0.1) is 46.9 Å².